The van der Waals surface area contributed by atoms with Gasteiger partial charge < -0.3 is 24.2 Å². The first-order chi connectivity index (χ1) is 21.9. The molecule has 0 N–H and O–H groups in total. The van der Waals surface area contributed by atoms with E-state index in [2.05, 4.69) is 132 Å². The molecule has 238 valence electrons. The summed E-state index contributed by atoms with van der Waals surface area (Å²) in [6.07, 6.45) is 7.03. The zero-order valence-electron chi connectivity index (χ0n) is 27.8. The fraction of sp³-hybridized carbons (Fsp3) is 0.395. The molecule has 0 radical (unpaired) electrons. The number of anilines is 1. The van der Waals surface area contributed by atoms with Crippen molar-refractivity contribution in [3.63, 3.8) is 0 Å². The molecule has 4 aromatic rings. The summed E-state index contributed by atoms with van der Waals surface area (Å²) in [7, 11) is 10.0. The van der Waals surface area contributed by atoms with Crippen molar-refractivity contribution in [3.05, 3.63) is 106 Å². The molecule has 1 aromatic heterocycles. The van der Waals surface area contributed by atoms with Gasteiger partial charge in [0.1, 0.15) is 17.6 Å². The zero-order chi connectivity index (χ0) is 31.8. The van der Waals surface area contributed by atoms with E-state index >= 15 is 0 Å². The van der Waals surface area contributed by atoms with Crippen molar-refractivity contribution in [2.75, 3.05) is 66.1 Å². The highest BCUT2D eigenvalue weighted by atomic mass is 32.1. The summed E-state index contributed by atoms with van der Waals surface area (Å²) in [6, 6.07) is 26.5. The summed E-state index contributed by atoms with van der Waals surface area (Å²) in [5, 5.41) is 1.23. The first kappa shape index (κ1) is 32.9. The molecule has 0 amide bonds. The van der Waals surface area contributed by atoms with Crippen LogP contribution in [-0.2, 0) is 23.1 Å². The SMILES string of the molecule is CCCN(CCCN(C)C)C1=CC(=Cc2sc3cc(C(COC)COC)ccc3[n+]2C)c2ccccc2N1Cc1ccccc1. The predicted molar refractivity (Wildman–Crippen MR) is 190 cm³/mol. The summed E-state index contributed by atoms with van der Waals surface area (Å²) in [4.78, 5) is 7.40. The second kappa shape index (κ2) is 15.7. The Balaban J connectivity index is 1.60. The zero-order valence-corrected chi connectivity index (χ0v) is 28.6. The number of para-hydroxylation sites is 1. The third-order valence-corrected chi connectivity index (χ3v) is 9.63. The molecule has 1 aliphatic heterocycles. The summed E-state index contributed by atoms with van der Waals surface area (Å²) in [6.45, 7) is 7.49. The maximum Gasteiger partial charge on any atom is 0.263 e. The lowest BCUT2D eigenvalue weighted by Crippen LogP contribution is -2.39. The number of hydrogen-bond acceptors (Lipinski definition) is 6. The Labute approximate surface area is 273 Å². The molecule has 5 rings (SSSR count). The lowest BCUT2D eigenvalue weighted by molar-refractivity contribution is -0.642. The van der Waals surface area contributed by atoms with Crippen molar-refractivity contribution >= 4 is 38.9 Å². The van der Waals surface area contributed by atoms with Gasteiger partial charge in [-0.05, 0) is 68.4 Å². The third kappa shape index (κ3) is 7.85. The van der Waals surface area contributed by atoms with Crippen LogP contribution in [0.2, 0.25) is 0 Å². The number of thiazole rings is 1. The van der Waals surface area contributed by atoms with Crippen LogP contribution in [0.3, 0.4) is 0 Å². The molecule has 2 heterocycles. The van der Waals surface area contributed by atoms with Gasteiger partial charge in [-0.2, -0.15) is 4.57 Å². The third-order valence-electron chi connectivity index (χ3n) is 8.48. The molecular weight excluding hydrogens is 577 g/mol. The van der Waals surface area contributed by atoms with E-state index in [1.165, 1.54) is 49.0 Å². The second-order valence-corrected chi connectivity index (χ2v) is 13.2. The van der Waals surface area contributed by atoms with Gasteiger partial charge in [-0.15, -0.1) is 0 Å². The van der Waals surface area contributed by atoms with Gasteiger partial charge in [0.15, 0.2) is 0 Å². The maximum absolute atomic E-state index is 5.51. The monoisotopic (exact) mass is 625 g/mol. The molecule has 0 unspecified atom stereocenters. The quantitative estimate of drug-likeness (QED) is 0.131. The normalized spacial score (nSPS) is 14.1. The van der Waals surface area contributed by atoms with Crippen LogP contribution in [0.5, 0.6) is 0 Å². The molecule has 0 saturated carbocycles. The Morgan fingerprint density at radius 1 is 0.911 bits per heavy atom. The molecule has 0 atom stereocenters. The van der Waals surface area contributed by atoms with Crippen molar-refractivity contribution in [2.24, 2.45) is 7.05 Å². The predicted octanol–water partition coefficient (Wildman–Crippen LogP) is 7.17. The summed E-state index contributed by atoms with van der Waals surface area (Å²) in [5.41, 5.74) is 7.56. The number of fused-ring (bicyclic) bond motifs is 2. The van der Waals surface area contributed by atoms with Gasteiger partial charge in [0.25, 0.3) is 5.01 Å². The maximum atomic E-state index is 5.51. The average molecular weight is 626 g/mol. The van der Waals surface area contributed by atoms with Crippen LogP contribution in [-0.4, -0.2) is 71.0 Å². The van der Waals surface area contributed by atoms with Gasteiger partial charge in [-0.1, -0.05) is 72.9 Å². The van der Waals surface area contributed by atoms with Crippen molar-refractivity contribution in [1.82, 2.24) is 9.80 Å². The molecule has 0 bridgehead atoms. The van der Waals surface area contributed by atoms with Gasteiger partial charge in [-0.3, -0.25) is 0 Å². The van der Waals surface area contributed by atoms with Crippen molar-refractivity contribution in [3.8, 4) is 0 Å². The van der Waals surface area contributed by atoms with Crippen molar-refractivity contribution in [2.45, 2.75) is 32.2 Å². The smallest absolute Gasteiger partial charge is 0.263 e. The summed E-state index contributed by atoms with van der Waals surface area (Å²) < 4.78 is 14.6. The Morgan fingerprint density at radius 3 is 2.36 bits per heavy atom. The molecule has 7 heteroatoms. The minimum atomic E-state index is 0.210. The number of aryl methyl sites for hydroxylation is 1. The van der Waals surface area contributed by atoms with Crippen LogP contribution in [0.25, 0.3) is 21.9 Å². The van der Waals surface area contributed by atoms with E-state index in [0.717, 1.165) is 39.0 Å². The first-order valence-corrected chi connectivity index (χ1v) is 16.9. The Bertz CT molecular complexity index is 1600. The van der Waals surface area contributed by atoms with Crippen LogP contribution in [0.15, 0.2) is 84.7 Å². The second-order valence-electron chi connectivity index (χ2n) is 12.2. The van der Waals surface area contributed by atoms with Crippen molar-refractivity contribution in [1.29, 1.82) is 0 Å². The fourth-order valence-corrected chi connectivity index (χ4v) is 7.37. The number of hydrogen-bond donors (Lipinski definition) is 0. The summed E-state index contributed by atoms with van der Waals surface area (Å²) >= 11 is 1.84. The Morgan fingerprint density at radius 2 is 1.64 bits per heavy atom. The Hall–Kier alpha value is -3.49. The molecule has 1 aliphatic rings. The molecule has 0 spiro atoms. The molecule has 45 heavy (non-hydrogen) atoms. The van der Waals surface area contributed by atoms with E-state index in [1.807, 2.05) is 11.3 Å². The molecule has 0 fully saturated rings. The van der Waals surface area contributed by atoms with Crippen LogP contribution in [0, 0.1) is 0 Å². The minimum absolute atomic E-state index is 0.210. The molecule has 0 aliphatic carbocycles. The van der Waals surface area contributed by atoms with E-state index in [9.17, 15) is 0 Å². The van der Waals surface area contributed by atoms with Gasteiger partial charge >= 0.3 is 0 Å². The number of benzene rings is 3. The molecule has 6 nitrogen and oxygen atoms in total. The standard InChI is InChI=1S/C38H49N4O2S/c1-7-20-41(22-13-21-39(2)3)37-24-31(33-16-11-12-17-34(33)42(37)26-29-14-9-8-10-15-29)25-38-40(4)35-19-18-30(23-36(35)45-38)32(27-43-5)28-44-6/h8-12,14-19,23-25,32H,7,13,20-22,26-28H2,1-6H3/q+1. The van der Waals surface area contributed by atoms with E-state index in [0.29, 0.717) is 13.2 Å². The van der Waals surface area contributed by atoms with Gasteiger partial charge in [0.2, 0.25) is 5.52 Å². The van der Waals surface area contributed by atoms with Crippen LogP contribution >= 0.6 is 11.3 Å². The number of aromatic nitrogens is 1. The topological polar surface area (TPSA) is 32.1 Å². The number of methoxy groups -OCH3 is 2. The lowest BCUT2D eigenvalue weighted by atomic mass is 9.97. The van der Waals surface area contributed by atoms with E-state index in [4.69, 9.17) is 9.47 Å². The highest BCUT2D eigenvalue weighted by Crippen LogP contribution is 2.40. The van der Waals surface area contributed by atoms with Crippen LogP contribution in [0.1, 0.15) is 47.4 Å². The van der Waals surface area contributed by atoms with E-state index < -0.39 is 0 Å². The first-order valence-electron chi connectivity index (χ1n) is 16.1. The fourth-order valence-electron chi connectivity index (χ4n) is 6.22. The average Bonchev–Trinajstić information content (AvgIpc) is 3.35. The number of rotatable bonds is 15. The summed E-state index contributed by atoms with van der Waals surface area (Å²) in [5.74, 6) is 1.49. The molecular formula is C38H49N4O2S+. The van der Waals surface area contributed by atoms with Crippen LogP contribution < -0.4 is 9.47 Å². The van der Waals surface area contributed by atoms with Gasteiger partial charge in [0, 0.05) is 57.5 Å². The van der Waals surface area contributed by atoms with E-state index in [-0.39, 0.29) is 5.92 Å². The number of nitrogens with zero attached hydrogens (tertiary/aromatic N) is 4. The van der Waals surface area contributed by atoms with Crippen molar-refractivity contribution < 1.29 is 14.0 Å². The molecule has 0 saturated heterocycles. The van der Waals surface area contributed by atoms with E-state index in [1.54, 1.807) is 14.2 Å². The lowest BCUT2D eigenvalue weighted by Gasteiger charge is -2.40. The minimum Gasteiger partial charge on any atom is -0.384 e. The molecule has 3 aromatic carbocycles. The van der Waals surface area contributed by atoms with Crippen LogP contribution in [0.4, 0.5) is 5.69 Å². The van der Waals surface area contributed by atoms with Gasteiger partial charge in [-0.25, -0.2) is 0 Å². The Kier molecular flexibility index (Phi) is 11.5. The largest absolute Gasteiger partial charge is 0.384 e. The highest BCUT2D eigenvalue weighted by molar-refractivity contribution is 7.18. The van der Waals surface area contributed by atoms with Gasteiger partial charge in [0.05, 0.1) is 18.9 Å². The highest BCUT2D eigenvalue weighted by Gasteiger charge is 2.28. The number of allylic oxidation sites excluding steroid dienone is 2. The number of ether oxygens (including phenoxy) is 2.